The molecule has 4 aromatic heterocycles. The van der Waals surface area contributed by atoms with Crippen LogP contribution in [0.4, 0.5) is 8.78 Å². The number of aromatic amines is 4. The van der Waals surface area contributed by atoms with E-state index in [2.05, 4.69) is 82.3 Å². The van der Waals surface area contributed by atoms with Gasteiger partial charge in [-0.15, -0.1) is 0 Å². The molecule has 0 spiro atoms. The van der Waals surface area contributed by atoms with Crippen LogP contribution in [0.2, 0.25) is 0 Å². The predicted octanol–water partition coefficient (Wildman–Crippen LogP) is 15.9. The van der Waals surface area contributed by atoms with Gasteiger partial charge in [-0.05, 0) is 194 Å². The van der Waals surface area contributed by atoms with Crippen molar-refractivity contribution in [1.29, 1.82) is 0 Å². The lowest BCUT2D eigenvalue weighted by molar-refractivity contribution is 0.415. The standard InChI is InChI=1S/C39H35FN4O2.C33H31FN4O/c1-23-8-11-28-30-14-16-41-35(38(30)43-33(28)18-23)19-25(24-9-13-32(40)37(21-24)46-26-6-4-3-5-7-26)20-36-39-31(15-17-42-36)29-12-10-27(45-2)22-34(29)44-39;1-19-6-8-24-26-10-12-35-30(32(26)37-28(24)14-19)16-21(20-4-3-5-22(34)15-20)17-31-33-27(11-13-36-31)25-9-7-23(39-2)18-29(25)38-33/h3-13,18,21-22,25,43-44H,14-17,19-20H2,1-2H3;3-9,14-15,18,21,37-38H,10-13,16-17H2,1-2H3. The van der Waals surface area contributed by atoms with Gasteiger partial charge in [0.2, 0.25) is 0 Å². The molecule has 4 aliphatic rings. The van der Waals surface area contributed by atoms with Gasteiger partial charge in [0.05, 0.1) is 59.8 Å². The topological polar surface area (TPSA) is 140 Å². The van der Waals surface area contributed by atoms with Crippen molar-refractivity contribution in [3.63, 3.8) is 0 Å². The molecule has 4 N–H and O–H groups in total. The van der Waals surface area contributed by atoms with Crippen LogP contribution in [0.15, 0.2) is 166 Å². The third kappa shape index (κ3) is 10.5. The molecule has 11 nitrogen and oxygen atoms in total. The summed E-state index contributed by atoms with van der Waals surface area (Å²) < 4.78 is 46.6. The third-order valence-corrected chi connectivity index (χ3v) is 17.6. The maximum absolute atomic E-state index is 15.2. The van der Waals surface area contributed by atoms with E-state index in [1.54, 1.807) is 26.4 Å². The highest BCUT2D eigenvalue weighted by atomic mass is 19.1. The molecule has 0 fully saturated rings. The van der Waals surface area contributed by atoms with Gasteiger partial charge in [-0.3, -0.25) is 20.0 Å². The Balaban J connectivity index is 0.000000153. The Morgan fingerprint density at radius 3 is 1.25 bits per heavy atom. The Morgan fingerprint density at radius 1 is 0.412 bits per heavy atom. The predicted molar refractivity (Wildman–Crippen MR) is 339 cm³/mol. The van der Waals surface area contributed by atoms with Gasteiger partial charge in [0, 0.05) is 81.9 Å². The summed E-state index contributed by atoms with van der Waals surface area (Å²) in [6.07, 6.45) is 6.39. The highest BCUT2D eigenvalue weighted by Crippen LogP contribution is 2.40. The Morgan fingerprint density at radius 2 is 0.824 bits per heavy atom. The number of rotatable bonds is 14. The molecule has 85 heavy (non-hydrogen) atoms. The molecule has 8 heterocycles. The molecule has 426 valence electrons. The van der Waals surface area contributed by atoms with Gasteiger partial charge >= 0.3 is 0 Å². The van der Waals surface area contributed by atoms with Gasteiger partial charge < -0.3 is 34.1 Å². The number of hydrogen-bond donors (Lipinski definition) is 4. The smallest absolute Gasteiger partial charge is 0.165 e. The maximum Gasteiger partial charge on any atom is 0.165 e. The number of para-hydroxylation sites is 1. The summed E-state index contributed by atoms with van der Waals surface area (Å²) in [6.45, 7) is 7.24. The summed E-state index contributed by atoms with van der Waals surface area (Å²) >= 11 is 0. The second-order valence-electron chi connectivity index (χ2n) is 23.0. The van der Waals surface area contributed by atoms with Crippen LogP contribution in [0.1, 0.15) is 105 Å². The highest BCUT2D eigenvalue weighted by Gasteiger charge is 2.31. The first kappa shape index (κ1) is 53.6. The lowest BCUT2D eigenvalue weighted by atomic mass is 9.84. The number of methoxy groups -OCH3 is 2. The van der Waals surface area contributed by atoms with E-state index in [9.17, 15) is 4.39 Å². The van der Waals surface area contributed by atoms with Crippen molar-refractivity contribution in [2.45, 2.75) is 77.0 Å². The van der Waals surface area contributed by atoms with Crippen molar-refractivity contribution in [1.82, 2.24) is 19.9 Å². The van der Waals surface area contributed by atoms with Crippen LogP contribution in [-0.4, -0.2) is 83.2 Å². The molecule has 4 aliphatic heterocycles. The summed E-state index contributed by atoms with van der Waals surface area (Å²) in [4.78, 5) is 34.8. The summed E-state index contributed by atoms with van der Waals surface area (Å²) in [7, 11) is 3.38. The second-order valence-corrected chi connectivity index (χ2v) is 23.0. The van der Waals surface area contributed by atoms with Crippen molar-refractivity contribution >= 4 is 66.5 Å². The van der Waals surface area contributed by atoms with Gasteiger partial charge in [0.1, 0.15) is 23.1 Å². The molecule has 13 heteroatoms. The molecule has 2 unspecified atom stereocenters. The summed E-state index contributed by atoms with van der Waals surface area (Å²) in [5.74, 6) is 1.86. The minimum atomic E-state index is -0.392. The van der Waals surface area contributed by atoms with E-state index in [-0.39, 0.29) is 23.4 Å². The SMILES string of the molecule is COc1ccc2c3c([nH]c2c1)C(CC(CC1=NCCc2c1[nH]c1cc(C)ccc21)c1ccc(F)c(Oc2ccccc2)c1)=NCC3.COc1ccc2c3c([nH]c2c1)C(CC(CC1=NCCc2c1[nH]c1cc(C)ccc21)c1cccc(F)c1)=NCC3. The Hall–Kier alpha value is -9.36. The first-order chi connectivity index (χ1) is 41.6. The number of nitrogens with zero attached hydrogens (tertiary/aromatic N) is 4. The number of aromatic nitrogens is 4. The van der Waals surface area contributed by atoms with Crippen LogP contribution in [-0.2, 0) is 25.7 Å². The van der Waals surface area contributed by atoms with Crippen molar-refractivity contribution in [3.8, 4) is 23.0 Å². The summed E-state index contributed by atoms with van der Waals surface area (Å²) in [5, 5.41) is 4.96. The quantitative estimate of drug-likeness (QED) is 0.0862. The van der Waals surface area contributed by atoms with Crippen LogP contribution in [0, 0.1) is 25.5 Å². The molecule has 0 saturated carbocycles. The second kappa shape index (κ2) is 22.7. The van der Waals surface area contributed by atoms with Crippen LogP contribution in [0.3, 0.4) is 0 Å². The van der Waals surface area contributed by atoms with E-state index in [0.717, 1.165) is 142 Å². The van der Waals surface area contributed by atoms with Gasteiger partial charge in [-0.25, -0.2) is 8.78 Å². The van der Waals surface area contributed by atoms with Crippen molar-refractivity contribution in [2.24, 2.45) is 20.0 Å². The zero-order chi connectivity index (χ0) is 57.7. The van der Waals surface area contributed by atoms with E-state index >= 15 is 4.39 Å². The molecule has 0 radical (unpaired) electrons. The molecule has 0 aliphatic carbocycles. The molecule has 0 bridgehead atoms. The fraction of sp³-hybridized carbons (Fsp3) is 0.250. The van der Waals surface area contributed by atoms with Crippen LogP contribution < -0.4 is 14.2 Å². The summed E-state index contributed by atoms with van der Waals surface area (Å²) in [5.41, 5.74) is 22.7. The molecule has 7 aromatic carbocycles. The first-order valence-electron chi connectivity index (χ1n) is 29.6. The molecular weight excluding hydrogens is 1060 g/mol. The van der Waals surface area contributed by atoms with Gasteiger partial charge in [0.25, 0.3) is 0 Å². The molecule has 0 saturated heterocycles. The monoisotopic (exact) mass is 1130 g/mol. The zero-order valence-electron chi connectivity index (χ0n) is 48.3. The number of ether oxygens (including phenoxy) is 3. The number of fused-ring (bicyclic) bond motifs is 12. The van der Waals surface area contributed by atoms with Crippen molar-refractivity contribution in [3.05, 3.63) is 225 Å². The molecule has 2 atom stereocenters. The van der Waals surface area contributed by atoms with Crippen molar-refractivity contribution in [2.75, 3.05) is 40.4 Å². The van der Waals surface area contributed by atoms with Crippen LogP contribution >= 0.6 is 0 Å². The number of halogens is 2. The highest BCUT2D eigenvalue weighted by molar-refractivity contribution is 6.11. The average molecular weight is 1130 g/mol. The largest absolute Gasteiger partial charge is 0.497 e. The van der Waals surface area contributed by atoms with Crippen LogP contribution in [0.25, 0.3) is 43.6 Å². The number of nitrogens with one attached hydrogen (secondary N) is 4. The Bertz CT molecular complexity index is 4520. The number of aliphatic imine (C=N–C) groups is 4. The average Bonchev–Trinajstić information content (AvgIpc) is 4.47. The Labute approximate surface area is 492 Å². The lowest BCUT2D eigenvalue weighted by Crippen LogP contribution is -2.20. The number of aryl methyl sites for hydroxylation is 2. The van der Waals surface area contributed by atoms with E-state index in [1.807, 2.05) is 72.8 Å². The fourth-order valence-corrected chi connectivity index (χ4v) is 13.5. The van der Waals surface area contributed by atoms with E-state index < -0.39 is 5.82 Å². The van der Waals surface area contributed by atoms with Crippen LogP contribution in [0.5, 0.6) is 23.0 Å². The first-order valence-corrected chi connectivity index (χ1v) is 29.6. The lowest BCUT2D eigenvalue weighted by Gasteiger charge is -2.24. The molecular formula is C72H66F2N8O3. The van der Waals surface area contributed by atoms with Crippen molar-refractivity contribution < 1.29 is 23.0 Å². The minimum Gasteiger partial charge on any atom is -0.497 e. The number of benzene rings is 7. The fourth-order valence-electron chi connectivity index (χ4n) is 13.5. The Kier molecular flexibility index (Phi) is 14.3. The summed E-state index contributed by atoms with van der Waals surface area (Å²) in [6, 6.07) is 47.2. The third-order valence-electron chi connectivity index (χ3n) is 17.6. The number of H-pyrrole nitrogens is 4. The number of hydrogen-bond acceptors (Lipinski definition) is 7. The zero-order valence-corrected chi connectivity index (χ0v) is 48.3. The van der Waals surface area contributed by atoms with E-state index in [1.165, 1.54) is 67.1 Å². The van der Waals surface area contributed by atoms with E-state index in [0.29, 0.717) is 31.4 Å². The van der Waals surface area contributed by atoms with Gasteiger partial charge in [-0.2, -0.15) is 0 Å². The van der Waals surface area contributed by atoms with E-state index in [4.69, 9.17) is 34.2 Å². The normalized spacial score (nSPS) is 15.2. The molecule has 11 aromatic rings. The maximum atomic E-state index is 15.2. The van der Waals surface area contributed by atoms with Gasteiger partial charge in [0.15, 0.2) is 11.6 Å². The van der Waals surface area contributed by atoms with Gasteiger partial charge in [-0.1, -0.05) is 60.7 Å². The molecule has 15 rings (SSSR count). The minimum absolute atomic E-state index is 0.0257. The molecule has 0 amide bonds.